The Kier molecular flexibility index (Phi) is 33.0. The maximum absolute atomic E-state index is 12.0. The molecule has 0 aromatic rings. The number of unbranched alkanes of at least 4 members (excludes halogenated alkanes) is 16. The van der Waals surface area contributed by atoms with Gasteiger partial charge in [-0.05, 0) is 38.0 Å². The second kappa shape index (κ2) is 34.4. The van der Waals surface area contributed by atoms with Crippen molar-refractivity contribution in [1.82, 2.24) is 0 Å². The van der Waals surface area contributed by atoms with E-state index in [0.717, 1.165) is 76.5 Å². The maximum Gasteiger partial charge on any atom is 0.305 e. The van der Waals surface area contributed by atoms with Crippen LogP contribution in [0.3, 0.4) is 0 Å². The molecule has 0 aliphatic carbocycles. The fraction of sp³-hybridized carbons (Fsp3) is 0.800. The van der Waals surface area contributed by atoms with Crippen molar-refractivity contribution < 1.29 is 29.3 Å². The van der Waals surface area contributed by atoms with E-state index in [0.29, 0.717) is 12.8 Å². The zero-order valence-electron chi connectivity index (χ0n) is 30.1. The second-order valence-corrected chi connectivity index (χ2v) is 13.4. The van der Waals surface area contributed by atoms with Gasteiger partial charge in [-0.25, -0.2) is 0 Å². The van der Waals surface area contributed by atoms with E-state index >= 15 is 0 Å². The quantitative estimate of drug-likeness (QED) is 0.0318. The van der Waals surface area contributed by atoms with E-state index in [-0.39, 0.29) is 25.2 Å². The van der Waals surface area contributed by atoms with Crippen molar-refractivity contribution in [2.24, 2.45) is 5.92 Å². The van der Waals surface area contributed by atoms with E-state index in [1.807, 2.05) is 18.2 Å². The Hall–Kier alpha value is -1.92. The minimum atomic E-state index is -0.994. The van der Waals surface area contributed by atoms with Crippen LogP contribution in [0, 0.1) is 5.92 Å². The number of hydrogen-bond donors (Lipinski definition) is 2. The summed E-state index contributed by atoms with van der Waals surface area (Å²) in [6, 6.07) is 0. The predicted molar refractivity (Wildman–Crippen MR) is 193 cm³/mol. The molecule has 6 nitrogen and oxygen atoms in total. The molecule has 0 spiro atoms. The molecule has 0 radical (unpaired) electrons. The Morgan fingerprint density at radius 2 is 1.00 bits per heavy atom. The summed E-state index contributed by atoms with van der Waals surface area (Å²) >= 11 is 0. The molecule has 46 heavy (non-hydrogen) atoms. The topological polar surface area (TPSA) is 93.1 Å². The highest BCUT2D eigenvalue weighted by Crippen LogP contribution is 2.15. The fourth-order valence-electron chi connectivity index (χ4n) is 5.28. The third-order valence-corrected chi connectivity index (χ3v) is 8.17. The first-order valence-corrected chi connectivity index (χ1v) is 19.0. The molecule has 2 N–H and O–H groups in total. The van der Waals surface area contributed by atoms with E-state index < -0.39 is 12.2 Å². The zero-order valence-corrected chi connectivity index (χ0v) is 30.1. The van der Waals surface area contributed by atoms with E-state index in [1.54, 1.807) is 0 Å². The van der Waals surface area contributed by atoms with Crippen LogP contribution in [0.2, 0.25) is 0 Å². The Labute approximate surface area is 283 Å². The van der Waals surface area contributed by atoms with Crippen LogP contribution in [-0.4, -0.2) is 47.6 Å². The third-order valence-electron chi connectivity index (χ3n) is 8.17. The molecule has 0 aromatic carbocycles. The number of rotatable bonds is 33. The molecular formula is C40H72O6. The summed E-state index contributed by atoms with van der Waals surface area (Å²) in [5.41, 5.74) is 0. The molecule has 6 heteroatoms. The van der Waals surface area contributed by atoms with Gasteiger partial charge in [0.25, 0.3) is 0 Å². The lowest BCUT2D eigenvalue weighted by Crippen LogP contribution is -2.25. The zero-order chi connectivity index (χ0) is 33.9. The highest BCUT2D eigenvalue weighted by atomic mass is 16.6. The van der Waals surface area contributed by atoms with Crippen LogP contribution in [0.5, 0.6) is 0 Å². The van der Waals surface area contributed by atoms with Crippen LogP contribution >= 0.6 is 0 Å². The summed E-state index contributed by atoms with van der Waals surface area (Å²) in [7, 11) is 0. The molecule has 0 fully saturated rings. The van der Waals surface area contributed by atoms with Crippen LogP contribution in [0.4, 0.5) is 0 Å². The number of carbonyl (C=O) groups is 2. The molecule has 1 unspecified atom stereocenters. The molecule has 0 amide bonds. The Bertz CT molecular complexity index is 772. The van der Waals surface area contributed by atoms with Crippen molar-refractivity contribution in [2.75, 3.05) is 13.2 Å². The highest BCUT2D eigenvalue weighted by Gasteiger charge is 2.12. The summed E-state index contributed by atoms with van der Waals surface area (Å²) in [4.78, 5) is 23.9. The van der Waals surface area contributed by atoms with E-state index in [2.05, 4.69) is 39.0 Å². The van der Waals surface area contributed by atoms with Crippen molar-refractivity contribution in [3.05, 3.63) is 36.5 Å². The van der Waals surface area contributed by atoms with Crippen molar-refractivity contribution in [3.63, 3.8) is 0 Å². The van der Waals surface area contributed by atoms with Gasteiger partial charge < -0.3 is 19.7 Å². The van der Waals surface area contributed by atoms with Crippen LogP contribution in [0.15, 0.2) is 36.5 Å². The number of esters is 2. The minimum absolute atomic E-state index is 0.141. The fourth-order valence-corrected chi connectivity index (χ4v) is 5.28. The van der Waals surface area contributed by atoms with E-state index in [1.165, 1.54) is 70.6 Å². The lowest BCUT2D eigenvalue weighted by Gasteiger charge is -2.12. The van der Waals surface area contributed by atoms with Gasteiger partial charge in [-0.3, -0.25) is 9.59 Å². The van der Waals surface area contributed by atoms with Gasteiger partial charge in [0.15, 0.2) is 0 Å². The number of allylic oxidation sites excluding steroid dienone is 5. The third kappa shape index (κ3) is 34.9. The first-order chi connectivity index (χ1) is 22.3. The van der Waals surface area contributed by atoms with Gasteiger partial charge in [0.1, 0.15) is 19.3 Å². The lowest BCUT2D eigenvalue weighted by molar-refractivity contribution is -0.152. The Balaban J connectivity index is 3.51. The van der Waals surface area contributed by atoms with Gasteiger partial charge in [-0.1, -0.05) is 166 Å². The molecule has 2 atom stereocenters. The Morgan fingerprint density at radius 3 is 1.46 bits per heavy atom. The summed E-state index contributed by atoms with van der Waals surface area (Å²) < 4.78 is 10.3. The highest BCUT2D eigenvalue weighted by molar-refractivity contribution is 5.69. The monoisotopic (exact) mass is 649 g/mol. The largest absolute Gasteiger partial charge is 0.463 e. The molecule has 0 saturated heterocycles. The maximum atomic E-state index is 12.0. The summed E-state index contributed by atoms with van der Waals surface area (Å²) in [6.07, 6.45) is 36.5. The van der Waals surface area contributed by atoms with Crippen LogP contribution in [0.25, 0.3) is 0 Å². The lowest BCUT2D eigenvalue weighted by atomic mass is 10.0. The molecule has 0 aliphatic heterocycles. The molecular weight excluding hydrogens is 576 g/mol. The standard InChI is InChI=1S/C40H72O6/c1-4-5-6-7-15-20-25-30-37(41)31-26-21-18-23-28-33-40(44)46-35-38(42)34-45-39(43)32-27-22-17-14-12-10-8-9-11-13-16-19-24-29-36(2)3/h5-6,15,20,25,30,36-38,41-42H,4,7-14,16-19,21-24,26-29,31-35H2,1-3H3/b6-5+,20-15+,30-25+/t37?,38-/m0/s1. The molecule has 268 valence electrons. The molecule has 0 saturated carbocycles. The van der Waals surface area contributed by atoms with Gasteiger partial charge in [0, 0.05) is 12.8 Å². The summed E-state index contributed by atoms with van der Waals surface area (Å²) in [5, 5.41) is 20.0. The number of hydrogen-bond acceptors (Lipinski definition) is 6. The molecule has 0 bridgehead atoms. The van der Waals surface area contributed by atoms with E-state index in [4.69, 9.17) is 9.47 Å². The molecule has 0 aromatic heterocycles. The van der Waals surface area contributed by atoms with Gasteiger partial charge in [0.05, 0.1) is 6.10 Å². The van der Waals surface area contributed by atoms with Crippen molar-refractivity contribution in [2.45, 2.75) is 187 Å². The summed E-state index contributed by atoms with van der Waals surface area (Å²) in [5.74, 6) is 0.204. The minimum Gasteiger partial charge on any atom is -0.463 e. The SMILES string of the molecule is CC/C=C/C/C=C/C=C/C(O)CCCCCCCC(=O)OC[C@@H](O)COC(=O)CCCCCCCCCCCCCCCC(C)C. The first-order valence-electron chi connectivity index (χ1n) is 19.0. The van der Waals surface area contributed by atoms with Crippen LogP contribution < -0.4 is 0 Å². The van der Waals surface area contributed by atoms with Gasteiger partial charge in [0.2, 0.25) is 0 Å². The van der Waals surface area contributed by atoms with Gasteiger partial charge in [-0.2, -0.15) is 0 Å². The predicted octanol–water partition coefficient (Wildman–Crippen LogP) is 10.5. The number of ether oxygens (including phenoxy) is 2. The molecule has 0 heterocycles. The average Bonchev–Trinajstić information content (AvgIpc) is 3.03. The van der Waals surface area contributed by atoms with E-state index in [9.17, 15) is 19.8 Å². The van der Waals surface area contributed by atoms with Crippen molar-refractivity contribution in [1.29, 1.82) is 0 Å². The second-order valence-electron chi connectivity index (χ2n) is 13.4. The number of aliphatic hydroxyl groups excluding tert-OH is 2. The van der Waals surface area contributed by atoms with Gasteiger partial charge >= 0.3 is 11.9 Å². The van der Waals surface area contributed by atoms with Crippen molar-refractivity contribution in [3.8, 4) is 0 Å². The van der Waals surface area contributed by atoms with Gasteiger partial charge in [-0.15, -0.1) is 0 Å². The number of aliphatic hydroxyl groups is 2. The smallest absolute Gasteiger partial charge is 0.305 e. The van der Waals surface area contributed by atoms with Crippen molar-refractivity contribution >= 4 is 11.9 Å². The molecule has 0 aliphatic rings. The van der Waals surface area contributed by atoms with Crippen LogP contribution in [-0.2, 0) is 19.1 Å². The summed E-state index contributed by atoms with van der Waals surface area (Å²) in [6.45, 7) is 6.43. The Morgan fingerprint density at radius 1 is 0.565 bits per heavy atom. The normalized spacial score (nSPS) is 13.3. The van der Waals surface area contributed by atoms with Crippen LogP contribution in [0.1, 0.15) is 175 Å². The number of carbonyl (C=O) groups excluding carboxylic acids is 2. The molecule has 0 rings (SSSR count). The average molecular weight is 649 g/mol. The first kappa shape index (κ1) is 44.1.